The first-order valence-electron chi connectivity index (χ1n) is 5.94. The fourth-order valence-electron chi connectivity index (χ4n) is 1.92. The van der Waals surface area contributed by atoms with Crippen LogP contribution in [0.15, 0.2) is 55.0 Å². The summed E-state index contributed by atoms with van der Waals surface area (Å²) in [6, 6.07) is 11.3. The molecule has 2 aromatic heterocycles. The molecule has 4 nitrogen and oxygen atoms in total. The summed E-state index contributed by atoms with van der Waals surface area (Å²) in [5, 5.41) is 10.2. The number of benzene rings is 1. The molecule has 3 aromatic rings. The molecule has 0 unspecified atom stereocenters. The normalized spacial score (nSPS) is 10.6. The summed E-state index contributed by atoms with van der Waals surface area (Å²) in [6.45, 7) is -0.105. The van der Waals surface area contributed by atoms with Gasteiger partial charge in [0.25, 0.3) is 0 Å². The minimum absolute atomic E-state index is 0.105. The van der Waals surface area contributed by atoms with Gasteiger partial charge in [-0.1, -0.05) is 6.07 Å². The Morgan fingerprint density at radius 2 is 1.95 bits per heavy atom. The molecule has 0 aliphatic rings. The molecule has 4 heteroatoms. The average molecular weight is 252 g/mol. The van der Waals surface area contributed by atoms with Crippen molar-refractivity contribution in [1.82, 2.24) is 9.97 Å². The first kappa shape index (κ1) is 11.6. The first-order chi connectivity index (χ1) is 9.38. The van der Waals surface area contributed by atoms with Crippen molar-refractivity contribution in [1.29, 1.82) is 0 Å². The maximum absolute atomic E-state index is 9.28. The second-order valence-corrected chi connectivity index (χ2v) is 4.07. The van der Waals surface area contributed by atoms with Gasteiger partial charge in [-0.3, -0.25) is 9.97 Å². The molecule has 1 aromatic carbocycles. The van der Waals surface area contributed by atoms with Crippen molar-refractivity contribution >= 4 is 10.9 Å². The van der Waals surface area contributed by atoms with Crippen LogP contribution in [0.1, 0.15) is 5.56 Å². The van der Waals surface area contributed by atoms with Crippen LogP contribution in [0.25, 0.3) is 10.9 Å². The summed E-state index contributed by atoms with van der Waals surface area (Å²) >= 11 is 0. The van der Waals surface area contributed by atoms with Gasteiger partial charge < -0.3 is 9.84 Å². The maximum Gasteiger partial charge on any atom is 0.136 e. The van der Waals surface area contributed by atoms with E-state index in [1.807, 2.05) is 30.3 Å². The van der Waals surface area contributed by atoms with E-state index < -0.39 is 0 Å². The van der Waals surface area contributed by atoms with Crippen LogP contribution in [0, 0.1) is 0 Å². The molecule has 1 N–H and O–H groups in total. The lowest BCUT2D eigenvalue weighted by Gasteiger charge is -2.10. The van der Waals surface area contributed by atoms with E-state index in [0.29, 0.717) is 17.1 Å². The Bertz CT molecular complexity index is 708. The van der Waals surface area contributed by atoms with Crippen LogP contribution in [-0.2, 0) is 6.61 Å². The fourth-order valence-corrected chi connectivity index (χ4v) is 1.92. The highest BCUT2D eigenvalue weighted by Crippen LogP contribution is 2.30. The minimum atomic E-state index is -0.105. The van der Waals surface area contributed by atoms with Gasteiger partial charge in [0.1, 0.15) is 11.5 Å². The molecule has 0 saturated carbocycles. The summed E-state index contributed by atoms with van der Waals surface area (Å²) in [4.78, 5) is 8.25. The van der Waals surface area contributed by atoms with E-state index in [2.05, 4.69) is 9.97 Å². The number of ether oxygens (including phenoxy) is 1. The van der Waals surface area contributed by atoms with Crippen LogP contribution in [0.2, 0.25) is 0 Å². The second-order valence-electron chi connectivity index (χ2n) is 4.07. The topological polar surface area (TPSA) is 55.2 Å². The zero-order valence-corrected chi connectivity index (χ0v) is 10.2. The zero-order chi connectivity index (χ0) is 13.1. The van der Waals surface area contributed by atoms with Gasteiger partial charge in [0.15, 0.2) is 0 Å². The molecule has 0 aliphatic heterocycles. The number of rotatable bonds is 3. The van der Waals surface area contributed by atoms with Crippen LogP contribution in [-0.4, -0.2) is 15.1 Å². The molecule has 19 heavy (non-hydrogen) atoms. The van der Waals surface area contributed by atoms with Crippen LogP contribution in [0.4, 0.5) is 0 Å². The Hall–Kier alpha value is -2.46. The van der Waals surface area contributed by atoms with E-state index >= 15 is 0 Å². The van der Waals surface area contributed by atoms with E-state index in [9.17, 15) is 5.11 Å². The number of aliphatic hydroxyl groups excluding tert-OH is 1. The maximum atomic E-state index is 9.28. The third kappa shape index (κ3) is 2.26. The lowest BCUT2D eigenvalue weighted by molar-refractivity contribution is 0.276. The van der Waals surface area contributed by atoms with Crippen molar-refractivity contribution in [2.24, 2.45) is 0 Å². The number of pyridine rings is 2. The number of nitrogens with zero attached hydrogens (tertiary/aromatic N) is 2. The van der Waals surface area contributed by atoms with Crippen molar-refractivity contribution in [3.05, 3.63) is 60.6 Å². The van der Waals surface area contributed by atoms with Crippen molar-refractivity contribution in [3.8, 4) is 11.5 Å². The SMILES string of the molecule is OCc1cnccc1Oc1cccc2ncccc12. The van der Waals surface area contributed by atoms with Gasteiger partial charge in [0.2, 0.25) is 0 Å². The highest BCUT2D eigenvalue weighted by Gasteiger charge is 2.07. The van der Waals surface area contributed by atoms with Crippen molar-refractivity contribution < 1.29 is 9.84 Å². The van der Waals surface area contributed by atoms with Crippen molar-refractivity contribution in [2.45, 2.75) is 6.61 Å². The van der Waals surface area contributed by atoms with Crippen LogP contribution < -0.4 is 4.74 Å². The molecule has 2 heterocycles. The predicted octanol–water partition coefficient (Wildman–Crippen LogP) is 2.91. The largest absolute Gasteiger partial charge is 0.456 e. The van der Waals surface area contributed by atoms with Crippen molar-refractivity contribution in [3.63, 3.8) is 0 Å². The third-order valence-electron chi connectivity index (χ3n) is 2.85. The zero-order valence-electron chi connectivity index (χ0n) is 10.2. The summed E-state index contributed by atoms with van der Waals surface area (Å²) in [5.74, 6) is 1.32. The summed E-state index contributed by atoms with van der Waals surface area (Å²) < 4.78 is 5.87. The van der Waals surface area contributed by atoms with E-state index in [4.69, 9.17) is 4.74 Å². The van der Waals surface area contributed by atoms with Gasteiger partial charge in [-0.25, -0.2) is 0 Å². The quantitative estimate of drug-likeness (QED) is 0.778. The molecular formula is C15H12N2O2. The molecule has 0 aliphatic carbocycles. The highest BCUT2D eigenvalue weighted by molar-refractivity contribution is 5.85. The molecule has 94 valence electrons. The second kappa shape index (κ2) is 5.04. The summed E-state index contributed by atoms with van der Waals surface area (Å²) in [7, 11) is 0. The monoisotopic (exact) mass is 252 g/mol. The molecular weight excluding hydrogens is 240 g/mol. The number of aromatic nitrogens is 2. The molecule has 3 rings (SSSR count). The number of aliphatic hydroxyl groups is 1. The van der Waals surface area contributed by atoms with Crippen molar-refractivity contribution in [2.75, 3.05) is 0 Å². The Kier molecular flexibility index (Phi) is 3.08. The lowest BCUT2D eigenvalue weighted by atomic mass is 10.2. The first-order valence-corrected chi connectivity index (χ1v) is 5.94. The molecule has 0 radical (unpaired) electrons. The lowest BCUT2D eigenvalue weighted by Crippen LogP contribution is -1.93. The minimum Gasteiger partial charge on any atom is -0.456 e. The molecule has 0 saturated heterocycles. The van der Waals surface area contributed by atoms with E-state index in [0.717, 1.165) is 10.9 Å². The van der Waals surface area contributed by atoms with Crippen LogP contribution in [0.3, 0.4) is 0 Å². The van der Waals surface area contributed by atoms with Gasteiger partial charge in [-0.2, -0.15) is 0 Å². The predicted molar refractivity (Wildman–Crippen MR) is 72.0 cm³/mol. The van der Waals surface area contributed by atoms with E-state index in [1.165, 1.54) is 0 Å². The Morgan fingerprint density at radius 3 is 2.84 bits per heavy atom. The van der Waals surface area contributed by atoms with E-state index in [-0.39, 0.29) is 6.61 Å². The number of fused-ring (bicyclic) bond motifs is 1. The Balaban J connectivity index is 2.06. The number of hydrogen-bond acceptors (Lipinski definition) is 4. The number of hydrogen-bond donors (Lipinski definition) is 1. The van der Waals surface area contributed by atoms with Gasteiger partial charge in [-0.15, -0.1) is 0 Å². The average Bonchev–Trinajstić information content (AvgIpc) is 2.48. The van der Waals surface area contributed by atoms with Gasteiger partial charge in [-0.05, 0) is 30.3 Å². The summed E-state index contributed by atoms with van der Waals surface area (Å²) in [5.41, 5.74) is 1.53. The standard InChI is InChI=1S/C15H12N2O2/c18-10-11-9-16-8-6-14(11)19-15-5-1-4-13-12(15)3-2-7-17-13/h1-9,18H,10H2. The van der Waals surface area contributed by atoms with Crippen LogP contribution >= 0.6 is 0 Å². The molecule has 0 bridgehead atoms. The Labute approximate surface area is 110 Å². The smallest absolute Gasteiger partial charge is 0.136 e. The summed E-state index contributed by atoms with van der Waals surface area (Å²) in [6.07, 6.45) is 4.98. The fraction of sp³-hybridized carbons (Fsp3) is 0.0667. The highest BCUT2D eigenvalue weighted by atomic mass is 16.5. The van der Waals surface area contributed by atoms with Gasteiger partial charge >= 0.3 is 0 Å². The van der Waals surface area contributed by atoms with E-state index in [1.54, 1.807) is 24.7 Å². The van der Waals surface area contributed by atoms with Gasteiger partial charge in [0, 0.05) is 29.5 Å². The molecule has 0 amide bonds. The molecule has 0 atom stereocenters. The third-order valence-corrected chi connectivity index (χ3v) is 2.85. The van der Waals surface area contributed by atoms with Crippen LogP contribution in [0.5, 0.6) is 11.5 Å². The Morgan fingerprint density at radius 1 is 1.00 bits per heavy atom. The molecule has 0 spiro atoms. The molecule has 0 fully saturated rings. The van der Waals surface area contributed by atoms with Gasteiger partial charge in [0.05, 0.1) is 12.1 Å².